The van der Waals surface area contributed by atoms with Gasteiger partial charge in [-0.25, -0.2) is 14.3 Å². The lowest BCUT2D eigenvalue weighted by Gasteiger charge is -2.13. The Kier molecular flexibility index (Phi) is 5.16. The average Bonchev–Trinajstić information content (AvgIpc) is 2.79. The minimum atomic E-state index is -0.445. The van der Waals surface area contributed by atoms with Gasteiger partial charge in [0.05, 0.1) is 6.61 Å². The molecule has 2 heterocycles. The average molecular weight is 336 g/mol. The number of hydrogen-bond acceptors (Lipinski definition) is 4. The molecule has 23 heavy (non-hydrogen) atoms. The minimum absolute atomic E-state index is 0.243. The van der Waals surface area contributed by atoms with Gasteiger partial charge in [-0.2, -0.15) is 5.10 Å². The van der Waals surface area contributed by atoms with E-state index in [1.165, 1.54) is 43.0 Å². The zero-order valence-electron chi connectivity index (χ0n) is 13.4. The van der Waals surface area contributed by atoms with Gasteiger partial charge in [0, 0.05) is 11.8 Å². The third kappa shape index (κ3) is 3.83. The molecule has 0 spiro atoms. The topological polar surface area (TPSA) is 56.5 Å². The Morgan fingerprint density at radius 2 is 2.04 bits per heavy atom. The quantitative estimate of drug-likeness (QED) is 0.480. The van der Waals surface area contributed by atoms with Crippen LogP contribution in [0.25, 0.3) is 5.65 Å². The second-order valence-electron chi connectivity index (χ2n) is 6.15. The van der Waals surface area contributed by atoms with Crippen LogP contribution < -0.4 is 0 Å². The fraction of sp³-hybridized carbons (Fsp3) is 0.588. The van der Waals surface area contributed by atoms with Crippen LogP contribution in [0, 0.1) is 5.92 Å². The third-order valence-corrected chi connectivity index (χ3v) is 4.66. The number of carbonyl (C=O) groups excluding carboxylic acids is 1. The molecule has 0 amide bonds. The molecule has 2 aromatic heterocycles. The SMILES string of the molecule is CCOC(=O)c1cc2nc(CC3CCCCCC3)cc(Cl)n2n1. The number of aromatic nitrogens is 3. The van der Waals surface area contributed by atoms with E-state index in [1.807, 2.05) is 6.07 Å². The summed E-state index contributed by atoms with van der Waals surface area (Å²) in [7, 11) is 0. The Hall–Kier alpha value is -1.62. The number of nitrogens with zero attached hydrogens (tertiary/aromatic N) is 3. The van der Waals surface area contributed by atoms with Crippen molar-refractivity contribution >= 4 is 23.2 Å². The van der Waals surface area contributed by atoms with E-state index in [-0.39, 0.29) is 5.69 Å². The summed E-state index contributed by atoms with van der Waals surface area (Å²) >= 11 is 6.32. The molecule has 0 saturated heterocycles. The predicted octanol–water partition coefficient (Wildman–Crippen LogP) is 4.07. The first-order chi connectivity index (χ1) is 11.2. The van der Waals surface area contributed by atoms with Crippen LogP contribution in [0.3, 0.4) is 0 Å². The Morgan fingerprint density at radius 3 is 2.74 bits per heavy atom. The van der Waals surface area contributed by atoms with Crippen molar-refractivity contribution in [2.75, 3.05) is 6.61 Å². The second kappa shape index (κ2) is 7.30. The van der Waals surface area contributed by atoms with Crippen LogP contribution in [-0.4, -0.2) is 27.2 Å². The van der Waals surface area contributed by atoms with E-state index in [0.717, 1.165) is 12.1 Å². The van der Waals surface area contributed by atoms with Crippen molar-refractivity contribution in [2.24, 2.45) is 5.92 Å². The molecule has 0 aromatic carbocycles. The van der Waals surface area contributed by atoms with Crippen LogP contribution in [0.2, 0.25) is 5.15 Å². The summed E-state index contributed by atoms with van der Waals surface area (Å²) < 4.78 is 6.47. The van der Waals surface area contributed by atoms with Gasteiger partial charge in [-0.3, -0.25) is 0 Å². The van der Waals surface area contributed by atoms with Crippen LogP contribution in [0.1, 0.15) is 61.6 Å². The molecule has 0 atom stereocenters. The zero-order valence-corrected chi connectivity index (χ0v) is 14.2. The number of esters is 1. The number of fused-ring (bicyclic) bond motifs is 1. The highest BCUT2D eigenvalue weighted by Crippen LogP contribution is 2.26. The van der Waals surface area contributed by atoms with Crippen LogP contribution in [0.15, 0.2) is 12.1 Å². The fourth-order valence-electron chi connectivity index (χ4n) is 3.26. The van der Waals surface area contributed by atoms with Gasteiger partial charge in [-0.1, -0.05) is 50.1 Å². The third-order valence-electron chi connectivity index (χ3n) is 4.39. The Labute approximate surface area is 141 Å². The number of carbonyl (C=O) groups is 1. The van der Waals surface area contributed by atoms with Gasteiger partial charge < -0.3 is 4.74 Å². The van der Waals surface area contributed by atoms with Crippen molar-refractivity contribution < 1.29 is 9.53 Å². The van der Waals surface area contributed by atoms with E-state index in [9.17, 15) is 4.79 Å². The predicted molar refractivity (Wildman–Crippen MR) is 88.8 cm³/mol. The lowest BCUT2D eigenvalue weighted by Crippen LogP contribution is -2.07. The van der Waals surface area contributed by atoms with E-state index >= 15 is 0 Å². The molecule has 0 bridgehead atoms. The van der Waals surface area contributed by atoms with Crippen LogP contribution >= 0.6 is 11.6 Å². The van der Waals surface area contributed by atoms with E-state index in [1.54, 1.807) is 13.0 Å². The maximum Gasteiger partial charge on any atom is 0.358 e. The molecule has 0 aliphatic heterocycles. The monoisotopic (exact) mass is 335 g/mol. The van der Waals surface area contributed by atoms with Gasteiger partial charge in [0.15, 0.2) is 11.3 Å². The summed E-state index contributed by atoms with van der Waals surface area (Å²) in [5, 5.41) is 4.66. The van der Waals surface area contributed by atoms with Crippen molar-refractivity contribution in [3.05, 3.63) is 28.7 Å². The van der Waals surface area contributed by atoms with Gasteiger partial charge in [-0.05, 0) is 25.3 Å². The van der Waals surface area contributed by atoms with Crippen LogP contribution in [0.4, 0.5) is 0 Å². The first-order valence-electron chi connectivity index (χ1n) is 8.39. The lowest BCUT2D eigenvalue weighted by molar-refractivity contribution is 0.0519. The van der Waals surface area contributed by atoms with Crippen molar-refractivity contribution in [1.29, 1.82) is 0 Å². The van der Waals surface area contributed by atoms with E-state index in [0.29, 0.717) is 23.3 Å². The summed E-state index contributed by atoms with van der Waals surface area (Å²) in [5.41, 5.74) is 1.82. The fourth-order valence-corrected chi connectivity index (χ4v) is 3.51. The highest BCUT2D eigenvalue weighted by molar-refractivity contribution is 6.29. The number of hydrogen-bond donors (Lipinski definition) is 0. The van der Waals surface area contributed by atoms with Crippen molar-refractivity contribution in [2.45, 2.75) is 51.9 Å². The molecular weight excluding hydrogens is 314 g/mol. The summed E-state index contributed by atoms with van der Waals surface area (Å²) in [5.74, 6) is 0.232. The molecule has 5 nitrogen and oxygen atoms in total. The molecule has 0 unspecified atom stereocenters. The van der Waals surface area contributed by atoms with Gasteiger partial charge >= 0.3 is 5.97 Å². The van der Waals surface area contributed by atoms with Crippen molar-refractivity contribution in [3.63, 3.8) is 0 Å². The molecule has 0 radical (unpaired) electrons. The first kappa shape index (κ1) is 16.2. The van der Waals surface area contributed by atoms with E-state index < -0.39 is 5.97 Å². The lowest BCUT2D eigenvalue weighted by atomic mass is 9.95. The Balaban J connectivity index is 1.83. The van der Waals surface area contributed by atoms with E-state index in [2.05, 4.69) is 10.1 Å². The highest BCUT2D eigenvalue weighted by Gasteiger charge is 2.17. The summed E-state index contributed by atoms with van der Waals surface area (Å²) in [6, 6.07) is 3.50. The van der Waals surface area contributed by atoms with Crippen LogP contribution in [0.5, 0.6) is 0 Å². The molecule has 6 heteroatoms. The van der Waals surface area contributed by atoms with Gasteiger partial charge in [-0.15, -0.1) is 0 Å². The molecule has 1 aliphatic carbocycles. The van der Waals surface area contributed by atoms with Crippen molar-refractivity contribution in [1.82, 2.24) is 14.6 Å². The Bertz CT molecular complexity index is 690. The Morgan fingerprint density at radius 1 is 1.30 bits per heavy atom. The minimum Gasteiger partial charge on any atom is -0.461 e. The van der Waals surface area contributed by atoms with Gasteiger partial charge in [0.2, 0.25) is 0 Å². The normalized spacial score (nSPS) is 16.4. The summed E-state index contributed by atoms with van der Waals surface area (Å²) in [4.78, 5) is 16.4. The second-order valence-corrected chi connectivity index (χ2v) is 6.54. The number of ether oxygens (including phenoxy) is 1. The smallest absolute Gasteiger partial charge is 0.358 e. The van der Waals surface area contributed by atoms with Gasteiger partial charge in [0.25, 0.3) is 0 Å². The molecule has 3 rings (SSSR count). The molecular formula is C17H22ClN3O2. The van der Waals surface area contributed by atoms with Crippen LogP contribution in [-0.2, 0) is 11.2 Å². The largest absolute Gasteiger partial charge is 0.461 e. The number of halogens is 1. The zero-order chi connectivity index (χ0) is 16.2. The molecule has 1 fully saturated rings. The molecule has 2 aromatic rings. The maximum atomic E-state index is 11.8. The highest BCUT2D eigenvalue weighted by atomic mass is 35.5. The molecule has 1 saturated carbocycles. The molecule has 0 N–H and O–H groups in total. The van der Waals surface area contributed by atoms with Crippen molar-refractivity contribution in [3.8, 4) is 0 Å². The van der Waals surface area contributed by atoms with E-state index in [4.69, 9.17) is 16.3 Å². The number of rotatable bonds is 4. The summed E-state index contributed by atoms with van der Waals surface area (Å²) in [6.07, 6.45) is 8.76. The maximum absolute atomic E-state index is 11.8. The molecule has 1 aliphatic rings. The molecule has 124 valence electrons. The summed E-state index contributed by atoms with van der Waals surface area (Å²) in [6.45, 7) is 2.09. The van der Waals surface area contributed by atoms with Gasteiger partial charge in [0.1, 0.15) is 5.15 Å². The first-order valence-corrected chi connectivity index (χ1v) is 8.77. The standard InChI is InChI=1S/C17H22ClN3O2/c1-2-23-17(22)14-11-16-19-13(10-15(18)21(16)20-14)9-12-7-5-3-4-6-8-12/h10-12H,2-9H2,1H3.